The molecule has 0 aromatic rings. The highest BCUT2D eigenvalue weighted by molar-refractivity contribution is 5.76. The maximum atomic E-state index is 12.0. The molecule has 4 atom stereocenters. The standard InChI is InChI=1S/C12H18N2O3/c15-7-8-9-5-12(9,6-10(8)16)14-4-2-1-3-13-11(14)17/h1-2,8-10,15-16H,3-7H2,(H,13,17)/t8-,9-,10-,12-/m0/s1. The van der Waals surface area contributed by atoms with E-state index >= 15 is 0 Å². The summed E-state index contributed by atoms with van der Waals surface area (Å²) in [5.41, 5.74) is -0.203. The summed E-state index contributed by atoms with van der Waals surface area (Å²) in [4.78, 5) is 13.8. The van der Waals surface area contributed by atoms with Crippen LogP contribution in [0.3, 0.4) is 0 Å². The van der Waals surface area contributed by atoms with Gasteiger partial charge in [0.1, 0.15) is 0 Å². The SMILES string of the molecule is O=C1NCC=CCN1[C@@]12C[C@H](O)[C@@H](CO)[C@@H]1C2. The van der Waals surface area contributed by atoms with Gasteiger partial charge in [-0.15, -0.1) is 0 Å². The molecule has 0 spiro atoms. The molecule has 0 unspecified atom stereocenters. The molecule has 5 nitrogen and oxygen atoms in total. The zero-order chi connectivity index (χ0) is 12.0. The zero-order valence-electron chi connectivity index (χ0n) is 9.67. The average Bonchev–Trinajstić information content (AvgIpc) is 2.97. The van der Waals surface area contributed by atoms with E-state index < -0.39 is 6.10 Å². The molecule has 2 amide bonds. The maximum Gasteiger partial charge on any atom is 0.318 e. The van der Waals surface area contributed by atoms with Crippen LogP contribution >= 0.6 is 0 Å². The Morgan fingerprint density at radius 1 is 1.47 bits per heavy atom. The molecule has 3 N–H and O–H groups in total. The van der Waals surface area contributed by atoms with Crippen LogP contribution in [0.4, 0.5) is 4.79 Å². The molecule has 2 saturated carbocycles. The van der Waals surface area contributed by atoms with E-state index in [2.05, 4.69) is 5.32 Å². The van der Waals surface area contributed by atoms with Crippen molar-refractivity contribution in [3.8, 4) is 0 Å². The lowest BCUT2D eigenvalue weighted by Crippen LogP contribution is -2.47. The number of nitrogens with one attached hydrogen (secondary N) is 1. The summed E-state index contributed by atoms with van der Waals surface area (Å²) < 4.78 is 0. The molecule has 0 radical (unpaired) electrons. The molecule has 0 aromatic heterocycles. The fraction of sp³-hybridized carbons (Fsp3) is 0.750. The molecule has 0 bridgehead atoms. The number of hydrogen-bond acceptors (Lipinski definition) is 3. The van der Waals surface area contributed by atoms with E-state index in [1.165, 1.54) is 0 Å². The van der Waals surface area contributed by atoms with Crippen LogP contribution in [0.15, 0.2) is 12.2 Å². The van der Waals surface area contributed by atoms with Crippen LogP contribution in [0.2, 0.25) is 0 Å². The second-order valence-corrected chi connectivity index (χ2v) is 5.30. The first-order valence-electron chi connectivity index (χ1n) is 6.18. The van der Waals surface area contributed by atoms with Crippen LogP contribution in [0.1, 0.15) is 12.8 Å². The first kappa shape index (κ1) is 11.0. The molecule has 1 aliphatic heterocycles. The lowest BCUT2D eigenvalue weighted by Gasteiger charge is -2.29. The van der Waals surface area contributed by atoms with E-state index in [0.717, 1.165) is 6.42 Å². The molecule has 3 rings (SSSR count). The Balaban J connectivity index is 1.81. The van der Waals surface area contributed by atoms with Gasteiger partial charge in [0.05, 0.1) is 11.6 Å². The van der Waals surface area contributed by atoms with Gasteiger partial charge in [0.25, 0.3) is 0 Å². The van der Waals surface area contributed by atoms with Crippen molar-refractivity contribution in [2.45, 2.75) is 24.5 Å². The molecule has 1 heterocycles. The van der Waals surface area contributed by atoms with Crippen LogP contribution in [-0.4, -0.2) is 52.5 Å². The molecule has 2 fully saturated rings. The van der Waals surface area contributed by atoms with Gasteiger partial charge in [-0.2, -0.15) is 0 Å². The van der Waals surface area contributed by atoms with Crippen molar-refractivity contribution in [2.75, 3.05) is 19.7 Å². The molecule has 0 aromatic carbocycles. The number of amides is 2. The van der Waals surface area contributed by atoms with E-state index in [1.807, 2.05) is 17.1 Å². The fourth-order valence-electron chi connectivity index (χ4n) is 3.53. The third-order valence-electron chi connectivity index (χ3n) is 4.50. The number of carbonyl (C=O) groups is 1. The van der Waals surface area contributed by atoms with Gasteiger partial charge < -0.3 is 20.4 Å². The van der Waals surface area contributed by atoms with Crippen molar-refractivity contribution in [1.82, 2.24) is 10.2 Å². The minimum Gasteiger partial charge on any atom is -0.396 e. The highest BCUT2D eigenvalue weighted by Gasteiger charge is 2.68. The van der Waals surface area contributed by atoms with Crippen molar-refractivity contribution in [1.29, 1.82) is 0 Å². The van der Waals surface area contributed by atoms with E-state index in [0.29, 0.717) is 19.5 Å². The number of fused-ring (bicyclic) bond motifs is 1. The Morgan fingerprint density at radius 2 is 2.29 bits per heavy atom. The van der Waals surface area contributed by atoms with Crippen LogP contribution in [0.25, 0.3) is 0 Å². The Bertz CT molecular complexity index is 371. The van der Waals surface area contributed by atoms with Crippen LogP contribution < -0.4 is 5.32 Å². The second-order valence-electron chi connectivity index (χ2n) is 5.30. The smallest absolute Gasteiger partial charge is 0.318 e. The number of hydrogen-bond donors (Lipinski definition) is 3. The first-order chi connectivity index (χ1) is 8.19. The molecule has 17 heavy (non-hydrogen) atoms. The van der Waals surface area contributed by atoms with E-state index in [4.69, 9.17) is 0 Å². The summed E-state index contributed by atoms with van der Waals surface area (Å²) in [5.74, 6) is 0.204. The first-order valence-corrected chi connectivity index (χ1v) is 6.18. The summed E-state index contributed by atoms with van der Waals surface area (Å²) in [6, 6.07) is -0.0525. The van der Waals surface area contributed by atoms with Gasteiger partial charge in [0.2, 0.25) is 0 Å². The van der Waals surface area contributed by atoms with Gasteiger partial charge >= 0.3 is 6.03 Å². The quantitative estimate of drug-likeness (QED) is 0.578. The molecule has 0 saturated heterocycles. The highest BCUT2D eigenvalue weighted by Crippen LogP contribution is 2.62. The summed E-state index contributed by atoms with van der Waals surface area (Å²) in [7, 11) is 0. The van der Waals surface area contributed by atoms with Gasteiger partial charge in [0, 0.05) is 25.6 Å². The van der Waals surface area contributed by atoms with Gasteiger partial charge in [-0.1, -0.05) is 12.2 Å². The van der Waals surface area contributed by atoms with E-state index in [-0.39, 0.29) is 30.0 Å². The lowest BCUT2D eigenvalue weighted by atomic mass is 10.0. The Labute approximate surface area is 100 Å². The van der Waals surface area contributed by atoms with Gasteiger partial charge in [-0.3, -0.25) is 0 Å². The van der Waals surface area contributed by atoms with Crippen LogP contribution in [0, 0.1) is 11.8 Å². The maximum absolute atomic E-state index is 12.0. The van der Waals surface area contributed by atoms with Crippen molar-refractivity contribution in [3.63, 3.8) is 0 Å². The monoisotopic (exact) mass is 238 g/mol. The molecule has 3 aliphatic rings. The highest BCUT2D eigenvalue weighted by atomic mass is 16.3. The summed E-state index contributed by atoms with van der Waals surface area (Å²) in [6.45, 7) is 1.19. The molecular weight excluding hydrogens is 220 g/mol. The minimum absolute atomic E-state index is 0.0128. The van der Waals surface area contributed by atoms with Gasteiger partial charge in [-0.05, 0) is 18.8 Å². The van der Waals surface area contributed by atoms with Crippen molar-refractivity contribution >= 4 is 6.03 Å². The zero-order valence-corrected chi connectivity index (χ0v) is 9.67. The normalized spacial score (nSPS) is 44.2. The van der Waals surface area contributed by atoms with Gasteiger partial charge in [0.15, 0.2) is 0 Å². The number of aliphatic hydroxyl groups excluding tert-OH is 2. The number of nitrogens with zero attached hydrogens (tertiary/aromatic N) is 1. The third-order valence-corrected chi connectivity index (χ3v) is 4.50. The number of aliphatic hydroxyl groups is 2. The minimum atomic E-state index is -0.473. The molecule has 5 heteroatoms. The van der Waals surface area contributed by atoms with Crippen LogP contribution in [0.5, 0.6) is 0 Å². The second kappa shape index (κ2) is 3.71. The average molecular weight is 238 g/mol. The van der Waals surface area contributed by atoms with Crippen molar-refractivity contribution < 1.29 is 15.0 Å². The third kappa shape index (κ3) is 1.49. The molecule has 2 aliphatic carbocycles. The predicted octanol–water partition coefficient (Wildman–Crippen LogP) is -0.300. The van der Waals surface area contributed by atoms with E-state index in [1.54, 1.807) is 0 Å². The van der Waals surface area contributed by atoms with Crippen LogP contribution in [-0.2, 0) is 0 Å². The van der Waals surface area contributed by atoms with Gasteiger partial charge in [-0.25, -0.2) is 4.79 Å². The largest absolute Gasteiger partial charge is 0.396 e. The topological polar surface area (TPSA) is 72.8 Å². The Morgan fingerprint density at radius 3 is 3.00 bits per heavy atom. The Kier molecular flexibility index (Phi) is 2.41. The molecular formula is C12H18N2O3. The predicted molar refractivity (Wildman–Crippen MR) is 61.3 cm³/mol. The number of carbonyl (C=O) groups excluding carboxylic acids is 1. The Hall–Kier alpha value is -1.07. The summed E-state index contributed by atoms with van der Waals surface area (Å²) in [5, 5.41) is 22.0. The molecule has 94 valence electrons. The number of rotatable bonds is 2. The number of urea groups is 1. The van der Waals surface area contributed by atoms with E-state index in [9.17, 15) is 15.0 Å². The summed E-state index contributed by atoms with van der Waals surface area (Å²) in [6.07, 6.45) is 4.97. The lowest BCUT2D eigenvalue weighted by molar-refractivity contribution is 0.0696. The van der Waals surface area contributed by atoms with Crippen molar-refractivity contribution in [3.05, 3.63) is 12.2 Å². The summed E-state index contributed by atoms with van der Waals surface area (Å²) >= 11 is 0. The van der Waals surface area contributed by atoms with Crippen molar-refractivity contribution in [2.24, 2.45) is 11.8 Å². The fourth-order valence-corrected chi connectivity index (χ4v) is 3.53.